The van der Waals surface area contributed by atoms with Crippen LogP contribution >= 0.6 is 0 Å². The Labute approximate surface area is 132 Å². The summed E-state index contributed by atoms with van der Waals surface area (Å²) in [5.41, 5.74) is 9.40. The number of hydrogen-bond acceptors (Lipinski definition) is 3. The minimum atomic E-state index is 0.133. The molecule has 2 heterocycles. The van der Waals surface area contributed by atoms with Gasteiger partial charge in [-0.3, -0.25) is 4.98 Å². The van der Waals surface area contributed by atoms with Crippen molar-refractivity contribution in [3.8, 4) is 0 Å². The van der Waals surface area contributed by atoms with Gasteiger partial charge in [-0.1, -0.05) is 12.7 Å². The SMILES string of the molecule is C=C/N=C(\C=C\C)N1CCC2(CC1)Cc1cnccc1C2N. The first-order valence-electron chi connectivity index (χ1n) is 7.95. The molecule has 0 radical (unpaired) electrons. The lowest BCUT2D eigenvalue weighted by Crippen LogP contribution is -2.46. The molecule has 1 aromatic heterocycles. The monoisotopic (exact) mass is 296 g/mol. The summed E-state index contributed by atoms with van der Waals surface area (Å²) in [6.45, 7) is 7.71. The Morgan fingerprint density at radius 3 is 2.91 bits per heavy atom. The van der Waals surface area contributed by atoms with Crippen molar-refractivity contribution in [2.45, 2.75) is 32.2 Å². The molecule has 1 fully saturated rings. The fraction of sp³-hybridized carbons (Fsp3) is 0.444. The summed E-state index contributed by atoms with van der Waals surface area (Å²) in [6, 6.07) is 2.22. The van der Waals surface area contributed by atoms with Gasteiger partial charge < -0.3 is 10.6 Å². The number of aromatic nitrogens is 1. The summed E-state index contributed by atoms with van der Waals surface area (Å²) < 4.78 is 0. The molecule has 1 aliphatic carbocycles. The topological polar surface area (TPSA) is 54.5 Å². The van der Waals surface area contributed by atoms with Gasteiger partial charge in [-0.05, 0) is 54.9 Å². The molecule has 1 aromatic rings. The van der Waals surface area contributed by atoms with Crippen molar-refractivity contribution in [1.29, 1.82) is 0 Å². The highest BCUT2D eigenvalue weighted by Gasteiger charge is 2.46. The van der Waals surface area contributed by atoms with Gasteiger partial charge in [-0.15, -0.1) is 0 Å². The summed E-state index contributed by atoms with van der Waals surface area (Å²) in [7, 11) is 0. The van der Waals surface area contributed by atoms with Crippen LogP contribution in [0.3, 0.4) is 0 Å². The third-order valence-corrected chi connectivity index (χ3v) is 5.10. The molecule has 0 amide bonds. The van der Waals surface area contributed by atoms with Crippen LogP contribution < -0.4 is 5.73 Å². The van der Waals surface area contributed by atoms with Gasteiger partial charge in [0.15, 0.2) is 0 Å². The molecular formula is C18H24N4. The van der Waals surface area contributed by atoms with Gasteiger partial charge in [-0.2, -0.15) is 0 Å². The maximum absolute atomic E-state index is 6.59. The molecule has 2 N–H and O–H groups in total. The molecule has 0 bridgehead atoms. The Morgan fingerprint density at radius 1 is 1.50 bits per heavy atom. The summed E-state index contributed by atoms with van der Waals surface area (Å²) in [5.74, 6) is 0.998. The van der Waals surface area contributed by atoms with Gasteiger partial charge in [0.2, 0.25) is 0 Å². The molecule has 2 aliphatic rings. The van der Waals surface area contributed by atoms with E-state index >= 15 is 0 Å². The largest absolute Gasteiger partial charge is 0.357 e. The maximum Gasteiger partial charge on any atom is 0.128 e. The van der Waals surface area contributed by atoms with Crippen molar-refractivity contribution in [2.24, 2.45) is 16.1 Å². The molecule has 0 saturated carbocycles. The molecule has 3 rings (SSSR count). The van der Waals surface area contributed by atoms with Crippen molar-refractivity contribution in [2.75, 3.05) is 13.1 Å². The first kappa shape index (κ1) is 15.0. The van der Waals surface area contributed by atoms with E-state index in [1.807, 2.05) is 31.5 Å². The second-order valence-corrected chi connectivity index (χ2v) is 6.25. The molecule has 1 aliphatic heterocycles. The molecular weight excluding hydrogens is 272 g/mol. The van der Waals surface area contributed by atoms with Crippen LogP contribution in [0.4, 0.5) is 0 Å². The fourth-order valence-electron chi connectivity index (χ4n) is 3.85. The van der Waals surface area contributed by atoms with Crippen LogP contribution in [0.15, 0.2) is 48.4 Å². The predicted molar refractivity (Wildman–Crippen MR) is 90.6 cm³/mol. The van der Waals surface area contributed by atoms with Crippen LogP contribution in [-0.2, 0) is 6.42 Å². The number of likely N-dealkylation sites (tertiary alicyclic amines) is 1. The van der Waals surface area contributed by atoms with Crippen LogP contribution in [0.1, 0.15) is 36.9 Å². The molecule has 1 unspecified atom stereocenters. The van der Waals surface area contributed by atoms with E-state index in [4.69, 9.17) is 5.73 Å². The van der Waals surface area contributed by atoms with Crippen LogP contribution in [0.2, 0.25) is 0 Å². The number of piperidine rings is 1. The lowest BCUT2D eigenvalue weighted by molar-refractivity contribution is 0.128. The van der Waals surface area contributed by atoms with Gasteiger partial charge in [0.1, 0.15) is 5.84 Å². The second-order valence-electron chi connectivity index (χ2n) is 6.25. The van der Waals surface area contributed by atoms with E-state index in [2.05, 4.69) is 27.5 Å². The number of fused-ring (bicyclic) bond motifs is 1. The van der Waals surface area contributed by atoms with Crippen molar-refractivity contribution in [3.63, 3.8) is 0 Å². The number of amidine groups is 1. The van der Waals surface area contributed by atoms with Gasteiger partial charge >= 0.3 is 0 Å². The van der Waals surface area contributed by atoms with E-state index in [1.165, 1.54) is 11.1 Å². The molecule has 1 saturated heterocycles. The summed E-state index contributed by atoms with van der Waals surface area (Å²) in [4.78, 5) is 11.0. The average Bonchev–Trinajstić information content (AvgIpc) is 2.81. The van der Waals surface area contributed by atoms with Gasteiger partial charge in [-0.25, -0.2) is 4.99 Å². The smallest absolute Gasteiger partial charge is 0.128 e. The lowest BCUT2D eigenvalue weighted by Gasteiger charge is -2.42. The van der Waals surface area contributed by atoms with E-state index in [1.54, 1.807) is 6.20 Å². The number of hydrogen-bond donors (Lipinski definition) is 1. The highest BCUT2D eigenvalue weighted by Crippen LogP contribution is 2.50. The third-order valence-electron chi connectivity index (χ3n) is 5.10. The molecule has 0 aromatic carbocycles. The molecule has 1 atom stereocenters. The minimum absolute atomic E-state index is 0.133. The Balaban J connectivity index is 1.75. The zero-order chi connectivity index (χ0) is 15.6. The second kappa shape index (κ2) is 6.05. The first-order valence-corrected chi connectivity index (χ1v) is 7.95. The molecule has 116 valence electrons. The van der Waals surface area contributed by atoms with Crippen molar-refractivity contribution in [3.05, 3.63) is 54.5 Å². The number of nitrogens with zero attached hydrogens (tertiary/aromatic N) is 3. The molecule has 22 heavy (non-hydrogen) atoms. The average molecular weight is 296 g/mol. The molecule has 4 nitrogen and oxygen atoms in total. The summed E-state index contributed by atoms with van der Waals surface area (Å²) in [5, 5.41) is 0. The van der Waals surface area contributed by atoms with E-state index in [0.29, 0.717) is 0 Å². The summed E-state index contributed by atoms with van der Waals surface area (Å²) >= 11 is 0. The van der Waals surface area contributed by atoms with Crippen LogP contribution in [-0.4, -0.2) is 28.8 Å². The standard InChI is InChI=1S/C18H24N4/c1-3-5-16(21-4-2)22-10-7-18(8-11-22)12-14-13-20-9-6-15(14)17(18)19/h3-6,9,13,17H,2,7-8,10-12,19H2,1H3/b5-3+,21-16+. The minimum Gasteiger partial charge on any atom is -0.357 e. The molecule has 1 spiro atoms. The Morgan fingerprint density at radius 2 is 2.27 bits per heavy atom. The van der Waals surface area contributed by atoms with E-state index < -0.39 is 0 Å². The summed E-state index contributed by atoms with van der Waals surface area (Å²) in [6.07, 6.45) is 12.8. The van der Waals surface area contributed by atoms with Gasteiger partial charge in [0.05, 0.1) is 0 Å². The zero-order valence-corrected chi connectivity index (χ0v) is 13.2. The Hall–Kier alpha value is -1.94. The van der Waals surface area contributed by atoms with E-state index in [-0.39, 0.29) is 11.5 Å². The highest BCUT2D eigenvalue weighted by atomic mass is 15.2. The number of allylic oxidation sites excluding steroid dienone is 1. The quantitative estimate of drug-likeness (QED) is 0.674. The van der Waals surface area contributed by atoms with Crippen molar-refractivity contribution < 1.29 is 0 Å². The predicted octanol–water partition coefficient (Wildman–Crippen LogP) is 2.84. The van der Waals surface area contributed by atoms with E-state index in [0.717, 1.165) is 38.2 Å². The van der Waals surface area contributed by atoms with E-state index in [9.17, 15) is 0 Å². The van der Waals surface area contributed by atoms with Crippen LogP contribution in [0.25, 0.3) is 0 Å². The fourth-order valence-corrected chi connectivity index (χ4v) is 3.85. The Kier molecular flexibility index (Phi) is 4.12. The normalized spacial score (nSPS) is 24.0. The van der Waals surface area contributed by atoms with Crippen LogP contribution in [0.5, 0.6) is 0 Å². The number of aliphatic imine (C=N–C) groups is 1. The van der Waals surface area contributed by atoms with Gasteiger partial charge in [0.25, 0.3) is 0 Å². The first-order chi connectivity index (χ1) is 10.7. The van der Waals surface area contributed by atoms with Gasteiger partial charge in [0, 0.05) is 37.7 Å². The number of nitrogens with two attached hydrogens (primary N) is 1. The van der Waals surface area contributed by atoms with Crippen molar-refractivity contribution >= 4 is 5.84 Å². The third kappa shape index (κ3) is 2.48. The number of rotatable bonds is 2. The highest BCUT2D eigenvalue weighted by molar-refractivity contribution is 5.93. The maximum atomic E-state index is 6.59. The van der Waals surface area contributed by atoms with Crippen LogP contribution in [0, 0.1) is 5.41 Å². The lowest BCUT2D eigenvalue weighted by atomic mass is 9.73. The number of pyridine rings is 1. The zero-order valence-electron chi connectivity index (χ0n) is 13.2. The molecule has 4 heteroatoms. The van der Waals surface area contributed by atoms with Crippen molar-refractivity contribution in [1.82, 2.24) is 9.88 Å². The Bertz CT molecular complexity index is 609.